The van der Waals surface area contributed by atoms with Crippen LogP contribution in [0.2, 0.25) is 0 Å². The van der Waals surface area contributed by atoms with Crippen molar-refractivity contribution in [3.8, 4) is 0 Å². The van der Waals surface area contributed by atoms with Crippen molar-refractivity contribution in [2.75, 3.05) is 13.7 Å². The van der Waals surface area contributed by atoms with Gasteiger partial charge in [0.25, 0.3) is 0 Å². The van der Waals surface area contributed by atoms with Crippen molar-refractivity contribution in [3.05, 3.63) is 0 Å². The number of ether oxygens (including phenoxy) is 1. The van der Waals surface area contributed by atoms with Crippen molar-refractivity contribution in [1.82, 2.24) is 0 Å². The van der Waals surface area contributed by atoms with Crippen LogP contribution in [0.3, 0.4) is 0 Å². The second-order valence-corrected chi connectivity index (χ2v) is 3.94. The summed E-state index contributed by atoms with van der Waals surface area (Å²) in [7, 11) is 1.68. The van der Waals surface area contributed by atoms with Gasteiger partial charge in [0.15, 0.2) is 0 Å². The Bertz CT molecular complexity index is 71.2. The summed E-state index contributed by atoms with van der Waals surface area (Å²) >= 11 is 0. The predicted molar refractivity (Wildman–Crippen MR) is 67.8 cm³/mol. The highest BCUT2D eigenvalue weighted by molar-refractivity contribution is 4.65. The molecule has 1 aliphatic rings. The van der Waals surface area contributed by atoms with Crippen LogP contribution < -0.4 is 0 Å². The monoisotopic (exact) mass is 204 g/mol. The van der Waals surface area contributed by atoms with Crippen LogP contribution in [0.1, 0.15) is 61.3 Å². The van der Waals surface area contributed by atoms with Gasteiger partial charge in [-0.05, 0) is 18.8 Å². The number of hydrogen-bond donors (Lipinski definition) is 0. The summed E-state index contributed by atoms with van der Waals surface area (Å²) in [6, 6.07) is 0. The topological polar surface area (TPSA) is 9.23 Å². The first-order valence-corrected chi connectivity index (χ1v) is 5.19. The zero-order valence-corrected chi connectivity index (χ0v) is 9.10. The molecule has 1 nitrogen and oxygen atoms in total. The Morgan fingerprint density at radius 1 is 0.929 bits per heavy atom. The summed E-state index contributed by atoms with van der Waals surface area (Å²) in [5.41, 5.74) is 0. The van der Waals surface area contributed by atoms with Gasteiger partial charge in [0.2, 0.25) is 0 Å². The van der Waals surface area contributed by atoms with E-state index < -0.39 is 0 Å². The van der Waals surface area contributed by atoms with Gasteiger partial charge < -0.3 is 4.74 Å². The first kappa shape index (κ1) is 19.5. The molecule has 0 saturated heterocycles. The summed E-state index contributed by atoms with van der Waals surface area (Å²) in [6.07, 6.45) is 5.89. The Kier molecular flexibility index (Phi) is 18.1. The van der Waals surface area contributed by atoms with Gasteiger partial charge in [0, 0.05) is 13.7 Å². The smallest absolute Gasteiger partial charge is 0.0433 e. The fraction of sp³-hybridized carbons (Fsp3) is 1.00. The summed E-state index contributed by atoms with van der Waals surface area (Å²) in [6.45, 7) is 7.51. The van der Waals surface area contributed by atoms with E-state index in [0.717, 1.165) is 18.4 Å². The summed E-state index contributed by atoms with van der Waals surface area (Å²) in [5, 5.41) is 0. The third-order valence-electron chi connectivity index (χ3n) is 2.59. The highest BCUT2D eigenvalue weighted by Gasteiger charge is 2.13. The molecule has 0 aromatic rings. The fourth-order valence-corrected chi connectivity index (χ4v) is 1.43. The van der Waals surface area contributed by atoms with Crippen LogP contribution >= 0.6 is 0 Å². The average molecular weight is 204 g/mol. The number of rotatable bonds is 1. The molecule has 0 spiro atoms. The van der Waals surface area contributed by atoms with E-state index in [1.807, 2.05) is 6.92 Å². The van der Waals surface area contributed by atoms with Gasteiger partial charge in [-0.15, -0.1) is 0 Å². The largest absolute Gasteiger partial charge is 0.385 e. The van der Waals surface area contributed by atoms with Crippen molar-refractivity contribution in [1.29, 1.82) is 0 Å². The Hall–Kier alpha value is -0.0400. The Labute approximate surface area is 92.2 Å². The molecule has 0 amide bonds. The van der Waals surface area contributed by atoms with Crippen LogP contribution in [-0.4, -0.2) is 13.7 Å². The van der Waals surface area contributed by atoms with Crippen LogP contribution in [-0.2, 0) is 4.74 Å². The summed E-state index contributed by atoms with van der Waals surface area (Å²) < 4.78 is 4.54. The van der Waals surface area contributed by atoms with Crippen molar-refractivity contribution < 1.29 is 4.74 Å². The minimum atomic E-state index is 0. The standard InChI is InChI=1S/C8H16.C3H8O.2CH4/c1-7-3-5-8(2)6-4-7;1-3-4-2;;/h7-8H,3-6H2,1-2H3;3H2,1-2H3;2*1H4. The summed E-state index contributed by atoms with van der Waals surface area (Å²) in [4.78, 5) is 0. The molecule has 0 atom stereocenters. The van der Waals surface area contributed by atoms with Gasteiger partial charge in [-0.3, -0.25) is 0 Å². The van der Waals surface area contributed by atoms with E-state index in [2.05, 4.69) is 18.6 Å². The van der Waals surface area contributed by atoms with Crippen molar-refractivity contribution >= 4 is 0 Å². The highest BCUT2D eigenvalue weighted by atomic mass is 16.5. The van der Waals surface area contributed by atoms with Crippen LogP contribution in [0.4, 0.5) is 0 Å². The Morgan fingerprint density at radius 3 is 1.29 bits per heavy atom. The second-order valence-electron chi connectivity index (χ2n) is 3.94. The molecule has 0 aromatic carbocycles. The Morgan fingerprint density at radius 2 is 1.14 bits per heavy atom. The first-order valence-electron chi connectivity index (χ1n) is 5.19. The lowest BCUT2D eigenvalue weighted by atomic mass is 9.84. The molecule has 0 aliphatic heterocycles. The lowest BCUT2D eigenvalue weighted by molar-refractivity contribution is 0.215. The molecule has 1 fully saturated rings. The molecule has 14 heavy (non-hydrogen) atoms. The van der Waals surface area contributed by atoms with Gasteiger partial charge in [-0.25, -0.2) is 0 Å². The number of methoxy groups -OCH3 is 1. The van der Waals surface area contributed by atoms with Gasteiger partial charge in [0.05, 0.1) is 0 Å². The predicted octanol–water partition coefficient (Wildman–Crippen LogP) is 4.76. The van der Waals surface area contributed by atoms with Crippen LogP contribution in [0.5, 0.6) is 0 Å². The van der Waals surface area contributed by atoms with E-state index in [0.29, 0.717) is 0 Å². The SMILES string of the molecule is C.C.CC1CCC(C)CC1.CCOC. The minimum Gasteiger partial charge on any atom is -0.385 e. The maximum absolute atomic E-state index is 4.54. The van der Waals surface area contributed by atoms with Crippen molar-refractivity contribution in [2.24, 2.45) is 11.8 Å². The molecule has 1 aliphatic carbocycles. The molecule has 0 bridgehead atoms. The van der Waals surface area contributed by atoms with Gasteiger partial charge in [-0.2, -0.15) is 0 Å². The lowest BCUT2D eigenvalue weighted by Crippen LogP contribution is -2.08. The lowest BCUT2D eigenvalue weighted by Gasteiger charge is -2.22. The molecule has 1 heteroatoms. The molecule has 0 N–H and O–H groups in total. The molecule has 1 saturated carbocycles. The molecule has 0 heterocycles. The zero-order chi connectivity index (χ0) is 9.40. The van der Waals surface area contributed by atoms with E-state index in [1.54, 1.807) is 7.11 Å². The quantitative estimate of drug-likeness (QED) is 0.598. The maximum atomic E-state index is 4.54. The third kappa shape index (κ3) is 12.0. The molecule has 0 aromatic heterocycles. The normalized spacial score (nSPS) is 24.9. The van der Waals surface area contributed by atoms with E-state index >= 15 is 0 Å². The third-order valence-corrected chi connectivity index (χ3v) is 2.59. The first-order chi connectivity index (χ1) is 5.70. The van der Waals surface area contributed by atoms with E-state index in [-0.39, 0.29) is 14.9 Å². The van der Waals surface area contributed by atoms with Gasteiger partial charge >= 0.3 is 0 Å². The fourth-order valence-electron chi connectivity index (χ4n) is 1.43. The molecule has 1 rings (SSSR count). The highest BCUT2D eigenvalue weighted by Crippen LogP contribution is 2.27. The van der Waals surface area contributed by atoms with E-state index in [4.69, 9.17) is 0 Å². The molecular formula is C13H32O. The van der Waals surface area contributed by atoms with Crippen LogP contribution in [0.15, 0.2) is 0 Å². The molecular weight excluding hydrogens is 172 g/mol. The summed E-state index contributed by atoms with van der Waals surface area (Å²) in [5.74, 6) is 2.04. The van der Waals surface area contributed by atoms with Crippen LogP contribution in [0.25, 0.3) is 0 Å². The average Bonchev–Trinajstić information content (AvgIpc) is 2.11. The van der Waals surface area contributed by atoms with E-state index in [1.165, 1.54) is 25.7 Å². The van der Waals surface area contributed by atoms with E-state index in [9.17, 15) is 0 Å². The van der Waals surface area contributed by atoms with Crippen molar-refractivity contribution in [2.45, 2.75) is 61.3 Å². The second kappa shape index (κ2) is 13.0. The minimum absolute atomic E-state index is 0. The number of hydrogen-bond acceptors (Lipinski definition) is 1. The van der Waals surface area contributed by atoms with Crippen LogP contribution in [0, 0.1) is 11.8 Å². The molecule has 0 radical (unpaired) electrons. The molecule has 0 unspecified atom stereocenters. The van der Waals surface area contributed by atoms with Crippen molar-refractivity contribution in [3.63, 3.8) is 0 Å². The Balaban J connectivity index is -0.000000180. The van der Waals surface area contributed by atoms with Gasteiger partial charge in [0.1, 0.15) is 0 Å². The molecule has 90 valence electrons. The van der Waals surface area contributed by atoms with Gasteiger partial charge in [-0.1, -0.05) is 54.4 Å². The maximum Gasteiger partial charge on any atom is 0.0433 e. The zero-order valence-electron chi connectivity index (χ0n) is 9.10.